The van der Waals surface area contributed by atoms with Crippen molar-refractivity contribution < 1.29 is 18.9 Å². The third-order valence-corrected chi connectivity index (χ3v) is 5.85. The fourth-order valence-corrected chi connectivity index (χ4v) is 4.20. The van der Waals surface area contributed by atoms with E-state index < -0.39 is 16.7 Å². The first kappa shape index (κ1) is 25.6. The van der Waals surface area contributed by atoms with Crippen LogP contribution in [-0.2, 0) is 9.59 Å². The quantitative estimate of drug-likeness (QED) is 0.333. The largest absolute Gasteiger partial charge is 0.285 e. The maximum Gasteiger partial charge on any atom is 0.272 e. The van der Waals surface area contributed by atoms with E-state index >= 15 is 0 Å². The van der Waals surface area contributed by atoms with E-state index in [2.05, 4.69) is 26.1 Å². The summed E-state index contributed by atoms with van der Waals surface area (Å²) in [6, 6.07) is 3.34. The molecule has 1 N–H and O–H groups in total. The predicted molar refractivity (Wildman–Crippen MR) is 121 cm³/mol. The molecule has 32 heavy (non-hydrogen) atoms. The number of nitro groups is 1. The first-order chi connectivity index (χ1) is 15.4. The lowest BCUT2D eigenvalue weighted by Gasteiger charge is -2.37. The van der Waals surface area contributed by atoms with E-state index in [1.54, 1.807) is 12.4 Å². The molecule has 2 fully saturated rings. The summed E-state index contributed by atoms with van der Waals surface area (Å²) in [7, 11) is 0. The van der Waals surface area contributed by atoms with Crippen LogP contribution in [0.5, 0.6) is 0 Å². The Labute approximate surface area is 194 Å². The molecule has 1 aromatic carbocycles. The van der Waals surface area contributed by atoms with Crippen LogP contribution in [0.4, 0.5) is 10.1 Å². The van der Waals surface area contributed by atoms with Gasteiger partial charge in [0.15, 0.2) is 0 Å². The Morgan fingerprint density at radius 2 is 1.78 bits per heavy atom. The van der Waals surface area contributed by atoms with Crippen molar-refractivity contribution in [3.8, 4) is 0 Å². The standard InChI is InChI=1S/C17H19FN2O4.C3H3BrN2.C2H6/c18-15-10-13(20(23)24)6-7-14(15)11-8-16(21)19(17(22)9-11)12-4-2-1-3-5-12;4-3-1-5-6-2-3;1-2/h6-7,10-12H,1-5,8-9H2;1-2H,(H,5,6);1-2H3. The van der Waals surface area contributed by atoms with Gasteiger partial charge in [-0.25, -0.2) is 4.39 Å². The van der Waals surface area contributed by atoms with Crippen LogP contribution in [-0.4, -0.2) is 37.9 Å². The summed E-state index contributed by atoms with van der Waals surface area (Å²) in [6.45, 7) is 4.00. The number of nitrogens with zero attached hydrogens (tertiary/aromatic N) is 3. The summed E-state index contributed by atoms with van der Waals surface area (Å²) in [6.07, 6.45) is 8.43. The number of aromatic nitrogens is 2. The van der Waals surface area contributed by atoms with E-state index in [9.17, 15) is 24.1 Å². The highest BCUT2D eigenvalue weighted by Gasteiger charge is 2.38. The molecule has 0 spiro atoms. The van der Waals surface area contributed by atoms with Crippen molar-refractivity contribution in [2.24, 2.45) is 0 Å². The molecule has 1 saturated carbocycles. The third-order valence-electron chi connectivity index (χ3n) is 5.42. The highest BCUT2D eigenvalue weighted by atomic mass is 79.9. The molecule has 0 unspecified atom stereocenters. The minimum Gasteiger partial charge on any atom is -0.285 e. The normalized spacial score (nSPS) is 17.2. The van der Waals surface area contributed by atoms with Crippen LogP contribution in [0.1, 0.15) is 70.3 Å². The molecule has 174 valence electrons. The summed E-state index contributed by atoms with van der Waals surface area (Å²) in [5.41, 5.74) is -0.140. The Kier molecular flexibility index (Phi) is 9.96. The van der Waals surface area contributed by atoms with Gasteiger partial charge in [-0.3, -0.25) is 29.7 Å². The molecule has 4 rings (SSSR count). The molecular weight excluding hydrogens is 483 g/mol. The second-order valence-electron chi connectivity index (χ2n) is 7.43. The number of benzene rings is 1. The van der Waals surface area contributed by atoms with Gasteiger partial charge in [0.05, 0.1) is 21.7 Å². The summed E-state index contributed by atoms with van der Waals surface area (Å²) < 4.78 is 15.1. The number of nitro benzene ring substituents is 1. The molecule has 0 atom stereocenters. The minimum absolute atomic E-state index is 0.0265. The molecule has 0 bridgehead atoms. The average molecular weight is 511 g/mol. The van der Waals surface area contributed by atoms with Crippen LogP contribution in [0.15, 0.2) is 35.1 Å². The van der Waals surface area contributed by atoms with Gasteiger partial charge in [-0.1, -0.05) is 33.1 Å². The summed E-state index contributed by atoms with van der Waals surface area (Å²) in [5, 5.41) is 17.0. The van der Waals surface area contributed by atoms with E-state index in [0.717, 1.165) is 42.6 Å². The van der Waals surface area contributed by atoms with Gasteiger partial charge >= 0.3 is 0 Å². The number of H-pyrrole nitrogens is 1. The number of hydrogen-bond donors (Lipinski definition) is 1. The number of amides is 2. The maximum absolute atomic E-state index is 14.2. The summed E-state index contributed by atoms with van der Waals surface area (Å²) >= 11 is 3.19. The number of likely N-dealkylation sites (tertiary alicyclic amines) is 1. The van der Waals surface area contributed by atoms with Gasteiger partial charge in [-0.05, 0) is 40.4 Å². The molecule has 1 aromatic heterocycles. The molecule has 1 aliphatic carbocycles. The van der Waals surface area contributed by atoms with Gasteiger partial charge in [0.25, 0.3) is 5.69 Å². The molecule has 2 aliphatic rings. The SMILES string of the molecule is Brc1cn[nH]c1.CC.O=C1CC(c2ccc([N+](=O)[O-])cc2F)CC(=O)N1C1CCCCC1. The second-order valence-corrected chi connectivity index (χ2v) is 8.35. The van der Waals surface area contributed by atoms with Crippen LogP contribution < -0.4 is 0 Å². The van der Waals surface area contributed by atoms with E-state index in [1.165, 1.54) is 17.0 Å². The third kappa shape index (κ3) is 6.69. The van der Waals surface area contributed by atoms with Crippen LogP contribution in [0.2, 0.25) is 0 Å². The van der Waals surface area contributed by atoms with Gasteiger partial charge in [0.1, 0.15) is 5.82 Å². The van der Waals surface area contributed by atoms with Crippen LogP contribution in [0.25, 0.3) is 0 Å². The number of imide groups is 1. The topological polar surface area (TPSA) is 109 Å². The van der Waals surface area contributed by atoms with E-state index in [0.29, 0.717) is 0 Å². The number of halogens is 2. The highest BCUT2D eigenvalue weighted by molar-refractivity contribution is 9.10. The van der Waals surface area contributed by atoms with Gasteiger partial charge in [-0.15, -0.1) is 0 Å². The fourth-order valence-electron chi connectivity index (χ4n) is 3.99. The van der Waals surface area contributed by atoms with E-state index in [-0.39, 0.29) is 41.9 Å². The molecule has 2 amide bonds. The first-order valence-corrected chi connectivity index (χ1v) is 11.6. The Morgan fingerprint density at radius 1 is 1.16 bits per heavy atom. The Morgan fingerprint density at radius 3 is 2.22 bits per heavy atom. The molecule has 8 nitrogen and oxygen atoms in total. The predicted octanol–water partition coefficient (Wildman–Crippen LogP) is 5.50. The molecule has 1 aliphatic heterocycles. The monoisotopic (exact) mass is 510 g/mol. The maximum atomic E-state index is 14.2. The van der Waals surface area contributed by atoms with Crippen LogP contribution in [0.3, 0.4) is 0 Å². The molecular formula is C22H28BrFN4O4. The number of piperidine rings is 1. The lowest BCUT2D eigenvalue weighted by atomic mass is 9.85. The highest BCUT2D eigenvalue weighted by Crippen LogP contribution is 2.35. The van der Waals surface area contributed by atoms with Crippen molar-refractivity contribution in [3.05, 3.63) is 56.6 Å². The Hall–Kier alpha value is -2.62. The van der Waals surface area contributed by atoms with Crippen molar-refractivity contribution in [3.63, 3.8) is 0 Å². The van der Waals surface area contributed by atoms with E-state index in [1.807, 2.05) is 13.8 Å². The molecule has 2 aromatic rings. The smallest absolute Gasteiger partial charge is 0.272 e. The van der Waals surface area contributed by atoms with Gasteiger partial charge in [0, 0.05) is 37.1 Å². The molecule has 2 heterocycles. The molecule has 0 radical (unpaired) electrons. The number of rotatable bonds is 3. The number of carbonyl (C=O) groups is 2. The average Bonchev–Trinajstić information content (AvgIpc) is 3.26. The number of carbonyl (C=O) groups excluding carboxylic acids is 2. The lowest BCUT2D eigenvalue weighted by molar-refractivity contribution is -0.385. The summed E-state index contributed by atoms with van der Waals surface area (Å²) in [4.78, 5) is 36.3. The second kappa shape index (κ2) is 12.4. The van der Waals surface area contributed by atoms with Crippen molar-refractivity contribution in [1.82, 2.24) is 15.1 Å². The lowest BCUT2D eigenvalue weighted by Crippen LogP contribution is -2.49. The fraction of sp³-hybridized carbons (Fsp3) is 0.500. The minimum atomic E-state index is -0.735. The molecule has 1 saturated heterocycles. The van der Waals surface area contributed by atoms with Gasteiger partial charge in [0.2, 0.25) is 11.8 Å². The van der Waals surface area contributed by atoms with Crippen molar-refractivity contribution in [2.75, 3.05) is 0 Å². The number of non-ortho nitro benzene ring substituents is 1. The van der Waals surface area contributed by atoms with Crippen molar-refractivity contribution in [2.45, 2.75) is 70.8 Å². The number of nitrogens with one attached hydrogen (secondary N) is 1. The zero-order valence-electron chi connectivity index (χ0n) is 18.2. The number of aromatic amines is 1. The van der Waals surface area contributed by atoms with E-state index in [4.69, 9.17) is 0 Å². The van der Waals surface area contributed by atoms with Crippen LogP contribution >= 0.6 is 15.9 Å². The Balaban J connectivity index is 0.000000387. The molecule has 10 heteroatoms. The van der Waals surface area contributed by atoms with Crippen molar-refractivity contribution >= 4 is 33.4 Å². The Bertz CT molecular complexity index is 899. The van der Waals surface area contributed by atoms with Gasteiger partial charge < -0.3 is 0 Å². The number of hydrogen-bond acceptors (Lipinski definition) is 5. The summed E-state index contributed by atoms with van der Waals surface area (Å²) in [5.74, 6) is -1.81. The first-order valence-electron chi connectivity index (χ1n) is 10.8. The van der Waals surface area contributed by atoms with Crippen molar-refractivity contribution in [1.29, 1.82) is 0 Å². The van der Waals surface area contributed by atoms with Crippen LogP contribution in [0, 0.1) is 15.9 Å². The van der Waals surface area contributed by atoms with Gasteiger partial charge in [-0.2, -0.15) is 5.10 Å². The zero-order chi connectivity index (χ0) is 23.7. The zero-order valence-corrected chi connectivity index (χ0v) is 19.8.